The Morgan fingerprint density at radius 1 is 0.923 bits per heavy atom. The van der Waals surface area contributed by atoms with Gasteiger partial charge in [0.05, 0.1) is 7.11 Å². The largest absolute Gasteiger partial charge is 0.495 e. The number of carbonyl (C=O) groups is 1. The van der Waals surface area contributed by atoms with Crippen LogP contribution in [0, 0.1) is 0 Å². The zero-order valence-electron chi connectivity index (χ0n) is 14.3. The molecule has 0 atom stereocenters. The second-order valence-electron chi connectivity index (χ2n) is 5.71. The number of carbonyl (C=O) groups excluding carboxylic acids is 1. The summed E-state index contributed by atoms with van der Waals surface area (Å²) in [5.74, 6) is -0.103. The molecule has 0 aromatic heterocycles. The normalized spacial score (nSPS) is 11.2. The second kappa shape index (κ2) is 7.05. The number of hydrogen-bond donors (Lipinski definition) is 2. The van der Waals surface area contributed by atoms with Crippen LogP contribution in [-0.2, 0) is 14.8 Å². The van der Waals surface area contributed by atoms with Crippen LogP contribution in [-0.4, -0.2) is 21.4 Å². The molecule has 0 fully saturated rings. The average Bonchev–Trinajstić information content (AvgIpc) is 2.61. The Bertz CT molecular complexity index is 1080. The lowest BCUT2D eigenvalue weighted by Gasteiger charge is -2.13. The molecule has 0 aliphatic heterocycles. The maximum Gasteiger partial charge on any atom is 0.265 e. The molecule has 0 aliphatic carbocycles. The van der Waals surface area contributed by atoms with Gasteiger partial charge in [0.2, 0.25) is 5.91 Å². The Balaban J connectivity index is 1.99. The molecule has 1 amide bonds. The molecule has 26 heavy (non-hydrogen) atoms. The second-order valence-corrected chi connectivity index (χ2v) is 7.37. The summed E-state index contributed by atoms with van der Waals surface area (Å²) in [6.45, 7) is 1.35. The highest BCUT2D eigenvalue weighted by molar-refractivity contribution is 7.92. The van der Waals surface area contributed by atoms with Gasteiger partial charge in [0.25, 0.3) is 10.0 Å². The zero-order chi connectivity index (χ0) is 18.7. The Kier molecular flexibility index (Phi) is 4.81. The number of amides is 1. The van der Waals surface area contributed by atoms with E-state index in [1.165, 1.54) is 26.2 Å². The summed E-state index contributed by atoms with van der Waals surface area (Å²) in [6, 6.07) is 17.4. The minimum absolute atomic E-state index is 0.0561. The van der Waals surface area contributed by atoms with Crippen molar-refractivity contribution in [3.63, 3.8) is 0 Å². The summed E-state index contributed by atoms with van der Waals surface area (Å²) in [5.41, 5.74) is 0.813. The first-order valence-electron chi connectivity index (χ1n) is 7.86. The number of ether oxygens (including phenoxy) is 1. The summed E-state index contributed by atoms with van der Waals surface area (Å²) in [6.07, 6.45) is 0. The van der Waals surface area contributed by atoms with Gasteiger partial charge < -0.3 is 10.1 Å². The number of rotatable bonds is 5. The molecule has 2 N–H and O–H groups in total. The van der Waals surface area contributed by atoms with Gasteiger partial charge in [0.15, 0.2) is 0 Å². The maximum atomic E-state index is 12.9. The van der Waals surface area contributed by atoms with Gasteiger partial charge in [-0.2, -0.15) is 0 Å². The summed E-state index contributed by atoms with van der Waals surface area (Å²) in [5, 5.41) is 4.51. The van der Waals surface area contributed by atoms with Crippen molar-refractivity contribution in [2.75, 3.05) is 17.1 Å². The minimum Gasteiger partial charge on any atom is -0.495 e. The molecular formula is C19H18N2O4S. The van der Waals surface area contributed by atoms with Crippen LogP contribution in [0.25, 0.3) is 10.8 Å². The van der Waals surface area contributed by atoms with E-state index in [-0.39, 0.29) is 16.6 Å². The van der Waals surface area contributed by atoms with Crippen molar-refractivity contribution in [1.29, 1.82) is 0 Å². The predicted octanol–water partition coefficient (Wildman–Crippen LogP) is 3.61. The standard InChI is InChI=1S/C19H18N2O4S/c1-13(22)20-16-9-10-18(25-2)19(12-16)26(23,24)21-17-8-7-14-5-3-4-6-15(14)11-17/h3-12,21H,1-2H3,(H,20,22). The van der Waals surface area contributed by atoms with Gasteiger partial charge >= 0.3 is 0 Å². The lowest BCUT2D eigenvalue weighted by atomic mass is 10.1. The third kappa shape index (κ3) is 3.78. The first-order chi connectivity index (χ1) is 12.4. The van der Waals surface area contributed by atoms with Gasteiger partial charge in [-0.3, -0.25) is 9.52 Å². The molecule has 3 aromatic rings. The quantitative estimate of drug-likeness (QED) is 0.719. The highest BCUT2D eigenvalue weighted by Gasteiger charge is 2.21. The summed E-state index contributed by atoms with van der Waals surface area (Å²) in [7, 11) is -2.52. The molecule has 0 heterocycles. The van der Waals surface area contributed by atoms with Crippen LogP contribution in [0.4, 0.5) is 11.4 Å². The van der Waals surface area contributed by atoms with Crippen molar-refractivity contribution in [3.05, 3.63) is 60.7 Å². The van der Waals surface area contributed by atoms with Crippen LogP contribution in [0.5, 0.6) is 5.75 Å². The lowest BCUT2D eigenvalue weighted by molar-refractivity contribution is -0.114. The van der Waals surface area contributed by atoms with E-state index in [1.807, 2.05) is 30.3 Å². The molecular weight excluding hydrogens is 352 g/mol. The van der Waals surface area contributed by atoms with Crippen molar-refractivity contribution >= 4 is 38.1 Å². The average molecular weight is 370 g/mol. The number of nitrogens with one attached hydrogen (secondary N) is 2. The molecule has 7 heteroatoms. The molecule has 134 valence electrons. The number of anilines is 2. The predicted molar refractivity (Wildman–Crippen MR) is 102 cm³/mol. The van der Waals surface area contributed by atoms with Gasteiger partial charge in [-0.05, 0) is 41.1 Å². The molecule has 0 aliphatic rings. The van der Waals surface area contributed by atoms with E-state index in [9.17, 15) is 13.2 Å². The van der Waals surface area contributed by atoms with Gasteiger partial charge in [-0.15, -0.1) is 0 Å². The van der Waals surface area contributed by atoms with Crippen molar-refractivity contribution in [3.8, 4) is 5.75 Å². The van der Waals surface area contributed by atoms with Crippen molar-refractivity contribution in [2.45, 2.75) is 11.8 Å². The number of benzene rings is 3. The summed E-state index contributed by atoms with van der Waals surface area (Å²) in [4.78, 5) is 11.2. The smallest absolute Gasteiger partial charge is 0.265 e. The van der Waals surface area contributed by atoms with E-state index >= 15 is 0 Å². The Morgan fingerprint density at radius 2 is 1.62 bits per heavy atom. The van der Waals surface area contributed by atoms with E-state index < -0.39 is 10.0 Å². The van der Waals surface area contributed by atoms with Crippen LogP contribution < -0.4 is 14.8 Å². The van der Waals surface area contributed by atoms with Crippen molar-refractivity contribution in [1.82, 2.24) is 0 Å². The van der Waals surface area contributed by atoms with Crippen LogP contribution in [0.2, 0.25) is 0 Å². The van der Waals surface area contributed by atoms with E-state index in [4.69, 9.17) is 4.74 Å². The third-order valence-electron chi connectivity index (χ3n) is 3.78. The minimum atomic E-state index is -3.91. The van der Waals surface area contributed by atoms with Gasteiger partial charge in [0, 0.05) is 18.3 Å². The highest BCUT2D eigenvalue weighted by atomic mass is 32.2. The van der Waals surface area contributed by atoms with E-state index in [2.05, 4.69) is 10.0 Å². The molecule has 0 radical (unpaired) electrons. The van der Waals surface area contributed by atoms with Crippen LogP contribution in [0.3, 0.4) is 0 Å². The Hall–Kier alpha value is -3.06. The van der Waals surface area contributed by atoms with Gasteiger partial charge in [0.1, 0.15) is 10.6 Å². The fourth-order valence-corrected chi connectivity index (χ4v) is 3.88. The number of hydrogen-bond acceptors (Lipinski definition) is 4. The van der Waals surface area contributed by atoms with Crippen molar-refractivity contribution in [2.24, 2.45) is 0 Å². The number of methoxy groups -OCH3 is 1. The lowest BCUT2D eigenvalue weighted by Crippen LogP contribution is -2.15. The third-order valence-corrected chi connectivity index (χ3v) is 5.18. The first-order valence-corrected chi connectivity index (χ1v) is 9.34. The molecule has 0 spiro atoms. The van der Waals surface area contributed by atoms with Crippen LogP contribution in [0.1, 0.15) is 6.92 Å². The van der Waals surface area contributed by atoms with Crippen molar-refractivity contribution < 1.29 is 17.9 Å². The summed E-state index contributed by atoms with van der Waals surface area (Å²) < 4.78 is 33.4. The van der Waals surface area contributed by atoms with Gasteiger partial charge in [-0.25, -0.2) is 8.42 Å². The number of fused-ring (bicyclic) bond motifs is 1. The fourth-order valence-electron chi connectivity index (χ4n) is 2.63. The summed E-state index contributed by atoms with van der Waals surface area (Å²) >= 11 is 0. The fraction of sp³-hybridized carbons (Fsp3) is 0.105. The SMILES string of the molecule is COc1ccc(NC(C)=O)cc1S(=O)(=O)Nc1ccc2ccccc2c1. The molecule has 0 unspecified atom stereocenters. The van der Waals surface area contributed by atoms with E-state index in [0.29, 0.717) is 11.4 Å². The Labute approximate surface area is 151 Å². The molecule has 3 aromatic carbocycles. The Morgan fingerprint density at radius 3 is 2.31 bits per heavy atom. The molecule has 0 saturated carbocycles. The topological polar surface area (TPSA) is 84.5 Å². The molecule has 0 bridgehead atoms. The monoisotopic (exact) mass is 370 g/mol. The number of sulfonamides is 1. The van der Waals surface area contributed by atoms with E-state index in [0.717, 1.165) is 10.8 Å². The first kappa shape index (κ1) is 17.8. The van der Waals surface area contributed by atoms with Crippen LogP contribution >= 0.6 is 0 Å². The molecule has 6 nitrogen and oxygen atoms in total. The van der Waals surface area contributed by atoms with Gasteiger partial charge in [-0.1, -0.05) is 30.3 Å². The zero-order valence-corrected chi connectivity index (χ0v) is 15.1. The molecule has 3 rings (SSSR count). The highest BCUT2D eigenvalue weighted by Crippen LogP contribution is 2.29. The maximum absolute atomic E-state index is 12.9. The van der Waals surface area contributed by atoms with E-state index in [1.54, 1.807) is 18.2 Å². The van der Waals surface area contributed by atoms with Crippen LogP contribution in [0.15, 0.2) is 65.6 Å². The molecule has 0 saturated heterocycles.